The number of hydrogen-bond acceptors (Lipinski definition) is 5. The van der Waals surface area contributed by atoms with Crippen molar-refractivity contribution < 1.29 is 14.6 Å². The Morgan fingerprint density at radius 3 is 3.06 bits per heavy atom. The van der Waals surface area contributed by atoms with E-state index in [0.29, 0.717) is 23.6 Å². The number of nitrogens with zero attached hydrogens (tertiary/aromatic N) is 3. The molecule has 0 radical (unpaired) electrons. The molecule has 0 amide bonds. The molecule has 16 heavy (non-hydrogen) atoms. The van der Waals surface area contributed by atoms with Crippen LogP contribution in [0.15, 0.2) is 6.20 Å². The molecule has 7 heteroatoms. The van der Waals surface area contributed by atoms with Gasteiger partial charge in [-0.05, 0) is 6.92 Å². The normalized spacial score (nSPS) is 10.6. The summed E-state index contributed by atoms with van der Waals surface area (Å²) in [6.07, 6.45) is 1.35. The predicted octanol–water partition coefficient (Wildman–Crippen LogP) is 0.379. The van der Waals surface area contributed by atoms with E-state index >= 15 is 0 Å². The lowest BCUT2D eigenvalue weighted by molar-refractivity contribution is -0.136. The zero-order valence-electron chi connectivity index (χ0n) is 8.60. The van der Waals surface area contributed by atoms with Crippen molar-refractivity contribution in [1.29, 1.82) is 0 Å². The first kappa shape index (κ1) is 10.3. The van der Waals surface area contributed by atoms with Gasteiger partial charge in [-0.3, -0.25) is 4.79 Å². The minimum Gasteiger partial charge on any atom is -0.481 e. The van der Waals surface area contributed by atoms with E-state index in [1.807, 2.05) is 6.92 Å². The summed E-state index contributed by atoms with van der Waals surface area (Å²) in [5, 5.41) is 8.61. The third-order valence-corrected chi connectivity index (χ3v) is 1.86. The molecule has 0 atom stereocenters. The summed E-state index contributed by atoms with van der Waals surface area (Å²) < 4.78 is 5.11. The van der Waals surface area contributed by atoms with E-state index in [2.05, 4.69) is 19.9 Å². The Labute approximate surface area is 90.5 Å². The fraction of sp³-hybridized carbons (Fsp3) is 0.333. The van der Waals surface area contributed by atoms with E-state index in [0.717, 1.165) is 0 Å². The molecule has 2 N–H and O–H groups in total. The van der Waals surface area contributed by atoms with Crippen LogP contribution in [0.5, 0.6) is 6.01 Å². The van der Waals surface area contributed by atoms with E-state index in [4.69, 9.17) is 9.84 Å². The molecular weight excluding hydrogens is 212 g/mol. The second kappa shape index (κ2) is 4.13. The van der Waals surface area contributed by atoms with Crippen LogP contribution in [-0.4, -0.2) is 37.6 Å². The number of aromatic amines is 1. The van der Waals surface area contributed by atoms with Crippen LogP contribution in [0.3, 0.4) is 0 Å². The number of carboxylic acid groups (broad SMARTS) is 1. The Kier molecular flexibility index (Phi) is 2.67. The van der Waals surface area contributed by atoms with Crippen LogP contribution in [0.2, 0.25) is 0 Å². The van der Waals surface area contributed by atoms with Gasteiger partial charge in [0.1, 0.15) is 17.8 Å². The molecular formula is C9H10N4O3. The van der Waals surface area contributed by atoms with Gasteiger partial charge in [-0.15, -0.1) is 0 Å². The minimum absolute atomic E-state index is 0.166. The van der Waals surface area contributed by atoms with Crippen LogP contribution >= 0.6 is 0 Å². The highest BCUT2D eigenvalue weighted by atomic mass is 16.5. The molecule has 0 spiro atoms. The number of hydrogen-bond donors (Lipinski definition) is 2. The molecule has 0 bridgehead atoms. The fourth-order valence-electron chi connectivity index (χ4n) is 1.27. The highest BCUT2D eigenvalue weighted by molar-refractivity contribution is 5.73. The number of ether oxygens (including phenoxy) is 1. The van der Waals surface area contributed by atoms with Crippen LogP contribution in [-0.2, 0) is 11.2 Å². The zero-order valence-corrected chi connectivity index (χ0v) is 8.60. The topological polar surface area (TPSA) is 101 Å². The van der Waals surface area contributed by atoms with Crippen molar-refractivity contribution in [1.82, 2.24) is 19.9 Å². The number of carbonyl (C=O) groups is 1. The van der Waals surface area contributed by atoms with Gasteiger partial charge in [0.25, 0.3) is 0 Å². The monoisotopic (exact) mass is 222 g/mol. The number of rotatable bonds is 4. The van der Waals surface area contributed by atoms with E-state index in [-0.39, 0.29) is 12.4 Å². The van der Waals surface area contributed by atoms with E-state index in [1.54, 1.807) is 0 Å². The Hall–Kier alpha value is -2.18. The third-order valence-electron chi connectivity index (χ3n) is 1.86. The van der Waals surface area contributed by atoms with Crippen molar-refractivity contribution in [3.05, 3.63) is 12.0 Å². The highest BCUT2D eigenvalue weighted by Crippen LogP contribution is 2.11. The molecule has 0 aliphatic carbocycles. The SMILES string of the molecule is CCOc1ncc2[nH]c(CC(=O)O)nc2n1. The van der Waals surface area contributed by atoms with Crippen LogP contribution in [0.1, 0.15) is 12.7 Å². The first-order valence-corrected chi connectivity index (χ1v) is 4.75. The van der Waals surface area contributed by atoms with Crippen molar-refractivity contribution >= 4 is 17.1 Å². The summed E-state index contributed by atoms with van der Waals surface area (Å²) in [5.74, 6) is -0.595. The van der Waals surface area contributed by atoms with Crippen LogP contribution in [0, 0.1) is 0 Å². The molecule has 0 saturated heterocycles. The summed E-state index contributed by atoms with van der Waals surface area (Å²) in [5.41, 5.74) is 1.01. The number of nitrogens with one attached hydrogen (secondary N) is 1. The lowest BCUT2D eigenvalue weighted by Gasteiger charge is -1.97. The average Bonchev–Trinajstić information content (AvgIpc) is 2.58. The van der Waals surface area contributed by atoms with Gasteiger partial charge in [-0.2, -0.15) is 4.98 Å². The Morgan fingerprint density at radius 1 is 1.56 bits per heavy atom. The zero-order chi connectivity index (χ0) is 11.5. The minimum atomic E-state index is -0.947. The van der Waals surface area contributed by atoms with Gasteiger partial charge in [-0.25, -0.2) is 9.97 Å². The molecule has 2 heterocycles. The van der Waals surface area contributed by atoms with Gasteiger partial charge in [-0.1, -0.05) is 0 Å². The molecule has 0 fully saturated rings. The first-order valence-electron chi connectivity index (χ1n) is 4.75. The molecule has 2 rings (SSSR count). The average molecular weight is 222 g/mol. The number of fused-ring (bicyclic) bond motifs is 1. The second-order valence-electron chi connectivity index (χ2n) is 3.08. The maximum atomic E-state index is 10.5. The lowest BCUT2D eigenvalue weighted by atomic mass is 10.4. The maximum Gasteiger partial charge on any atom is 0.318 e. The second-order valence-corrected chi connectivity index (χ2v) is 3.08. The van der Waals surface area contributed by atoms with Gasteiger partial charge < -0.3 is 14.8 Å². The van der Waals surface area contributed by atoms with E-state index in [1.165, 1.54) is 6.20 Å². The molecule has 0 saturated carbocycles. The number of imidazole rings is 1. The van der Waals surface area contributed by atoms with Crippen LogP contribution in [0.25, 0.3) is 11.2 Å². The van der Waals surface area contributed by atoms with Crippen LogP contribution < -0.4 is 4.74 Å². The van der Waals surface area contributed by atoms with Gasteiger partial charge in [0.05, 0.1) is 12.8 Å². The van der Waals surface area contributed by atoms with E-state index < -0.39 is 5.97 Å². The maximum absolute atomic E-state index is 10.5. The van der Waals surface area contributed by atoms with Gasteiger partial charge in [0.15, 0.2) is 5.65 Å². The molecule has 0 unspecified atom stereocenters. The Balaban J connectivity index is 2.34. The molecule has 0 aliphatic heterocycles. The predicted molar refractivity (Wildman–Crippen MR) is 54.2 cm³/mol. The first-order chi connectivity index (χ1) is 7.69. The van der Waals surface area contributed by atoms with Crippen molar-refractivity contribution in [3.63, 3.8) is 0 Å². The Morgan fingerprint density at radius 2 is 2.38 bits per heavy atom. The highest BCUT2D eigenvalue weighted by Gasteiger charge is 2.09. The van der Waals surface area contributed by atoms with Crippen molar-refractivity contribution in [3.8, 4) is 6.01 Å². The number of carboxylic acids is 1. The number of aromatic nitrogens is 4. The smallest absolute Gasteiger partial charge is 0.318 e. The largest absolute Gasteiger partial charge is 0.481 e. The lowest BCUT2D eigenvalue weighted by Crippen LogP contribution is -2.01. The van der Waals surface area contributed by atoms with Crippen molar-refractivity contribution in [2.24, 2.45) is 0 Å². The summed E-state index contributed by atoms with van der Waals surface area (Å²) in [4.78, 5) is 25.3. The van der Waals surface area contributed by atoms with Gasteiger partial charge in [0.2, 0.25) is 0 Å². The molecule has 2 aromatic heterocycles. The quantitative estimate of drug-likeness (QED) is 0.775. The van der Waals surface area contributed by atoms with Gasteiger partial charge in [0, 0.05) is 0 Å². The standard InChI is InChI=1S/C9H10N4O3/c1-2-16-9-10-4-5-8(13-9)12-6(11-5)3-7(14)15/h4H,2-3H2,1H3,(H,14,15)(H,10,11,12,13). The summed E-state index contributed by atoms with van der Waals surface area (Å²) in [7, 11) is 0. The molecule has 2 aromatic rings. The van der Waals surface area contributed by atoms with Crippen molar-refractivity contribution in [2.45, 2.75) is 13.3 Å². The summed E-state index contributed by atoms with van der Waals surface area (Å²) in [6.45, 7) is 2.30. The van der Waals surface area contributed by atoms with Crippen LogP contribution in [0.4, 0.5) is 0 Å². The third kappa shape index (κ3) is 2.08. The summed E-state index contributed by atoms with van der Waals surface area (Å²) >= 11 is 0. The van der Waals surface area contributed by atoms with Gasteiger partial charge >= 0.3 is 12.0 Å². The Bertz CT molecular complexity index is 522. The summed E-state index contributed by atoms with van der Waals surface area (Å²) in [6, 6.07) is 0.239. The van der Waals surface area contributed by atoms with Crippen molar-refractivity contribution in [2.75, 3.05) is 6.61 Å². The molecule has 0 aliphatic rings. The fourth-order valence-corrected chi connectivity index (χ4v) is 1.27. The molecule has 84 valence electrons. The number of aliphatic carboxylic acids is 1. The molecule has 7 nitrogen and oxygen atoms in total. The molecule has 0 aromatic carbocycles. The number of H-pyrrole nitrogens is 1. The van der Waals surface area contributed by atoms with E-state index in [9.17, 15) is 4.79 Å².